The molecule has 2 heterocycles. The third kappa shape index (κ3) is 4.44. The summed E-state index contributed by atoms with van der Waals surface area (Å²) in [5, 5.41) is 6.66. The summed E-state index contributed by atoms with van der Waals surface area (Å²) in [7, 11) is 0. The van der Waals surface area contributed by atoms with Gasteiger partial charge in [-0.3, -0.25) is 9.69 Å². The first-order valence-electron chi connectivity index (χ1n) is 10.0. The van der Waals surface area contributed by atoms with Gasteiger partial charge in [0, 0.05) is 6.04 Å². The summed E-state index contributed by atoms with van der Waals surface area (Å²) in [6.07, 6.45) is 5.14. The second kappa shape index (κ2) is 8.14. The smallest absolute Gasteiger partial charge is 0.323 e. The van der Waals surface area contributed by atoms with Crippen molar-refractivity contribution in [2.45, 2.75) is 50.7 Å². The van der Waals surface area contributed by atoms with Gasteiger partial charge in [-0.15, -0.1) is 0 Å². The average Bonchev–Trinajstić information content (AvgIpc) is 3.22. The number of alkyl halides is 3. The van der Waals surface area contributed by atoms with Gasteiger partial charge < -0.3 is 5.32 Å². The Hall–Kier alpha value is -2.42. The highest BCUT2D eigenvalue weighted by Crippen LogP contribution is 2.36. The molecule has 2 atom stereocenters. The van der Waals surface area contributed by atoms with Crippen LogP contribution in [0.1, 0.15) is 44.1 Å². The van der Waals surface area contributed by atoms with Gasteiger partial charge in [-0.2, -0.15) is 18.3 Å². The van der Waals surface area contributed by atoms with Crippen molar-refractivity contribution >= 4 is 11.6 Å². The number of carbonyl (C=O) groups is 1. The number of benzene rings is 1. The third-order valence-electron chi connectivity index (χ3n) is 5.97. The summed E-state index contributed by atoms with van der Waals surface area (Å²) >= 11 is 0. The Labute approximate surface area is 167 Å². The molecule has 0 spiro atoms. The third-order valence-corrected chi connectivity index (χ3v) is 5.97. The molecule has 2 aliphatic rings. The zero-order valence-electron chi connectivity index (χ0n) is 16.0. The van der Waals surface area contributed by atoms with E-state index in [-0.39, 0.29) is 18.1 Å². The maximum absolute atomic E-state index is 13.2. The number of nitrogens with one attached hydrogen (secondary N) is 1. The molecule has 1 saturated carbocycles. The Bertz CT molecular complexity index is 850. The van der Waals surface area contributed by atoms with Crippen molar-refractivity contribution in [2.24, 2.45) is 5.92 Å². The molecule has 2 unspecified atom stereocenters. The van der Waals surface area contributed by atoms with Crippen LogP contribution >= 0.6 is 0 Å². The highest BCUT2D eigenvalue weighted by Gasteiger charge is 2.34. The first-order chi connectivity index (χ1) is 13.9. The quantitative estimate of drug-likeness (QED) is 0.836. The number of fused-ring (bicyclic) bond motifs is 1. The summed E-state index contributed by atoms with van der Waals surface area (Å²) in [5.74, 6) is 0.321. The largest absolute Gasteiger partial charge is 0.416 e. The summed E-state index contributed by atoms with van der Waals surface area (Å²) in [4.78, 5) is 18.8. The number of hydrogen-bond donors (Lipinski definition) is 1. The molecule has 0 bridgehead atoms. The second-order valence-corrected chi connectivity index (χ2v) is 7.84. The number of carbonyl (C=O) groups excluding carboxylic acids is 1. The minimum absolute atomic E-state index is 0.0764. The van der Waals surface area contributed by atoms with Crippen LogP contribution in [0.4, 0.5) is 18.9 Å². The Morgan fingerprint density at radius 2 is 1.97 bits per heavy atom. The molecule has 2 aromatic rings. The number of aromatic nitrogens is 3. The number of halogens is 3. The van der Waals surface area contributed by atoms with E-state index in [2.05, 4.69) is 20.3 Å². The number of anilines is 1. The van der Waals surface area contributed by atoms with E-state index >= 15 is 0 Å². The Kier molecular flexibility index (Phi) is 5.58. The van der Waals surface area contributed by atoms with Crippen molar-refractivity contribution in [3.05, 3.63) is 36.4 Å². The summed E-state index contributed by atoms with van der Waals surface area (Å²) < 4.78 is 40.9. The molecule has 6 nitrogen and oxygen atoms in total. The fourth-order valence-electron chi connectivity index (χ4n) is 4.64. The van der Waals surface area contributed by atoms with E-state index in [0.717, 1.165) is 31.5 Å². The van der Waals surface area contributed by atoms with E-state index in [1.807, 2.05) is 0 Å². The van der Waals surface area contributed by atoms with Gasteiger partial charge in [0.25, 0.3) is 0 Å². The number of likely N-dealkylation sites (tertiary alicyclic amines) is 1. The van der Waals surface area contributed by atoms with Crippen molar-refractivity contribution in [3.63, 3.8) is 0 Å². The van der Waals surface area contributed by atoms with Gasteiger partial charge in [-0.05, 0) is 56.3 Å². The second-order valence-electron chi connectivity index (χ2n) is 7.84. The van der Waals surface area contributed by atoms with Gasteiger partial charge in [0.05, 0.1) is 23.5 Å². The van der Waals surface area contributed by atoms with Gasteiger partial charge in [0.2, 0.25) is 5.91 Å². The maximum atomic E-state index is 13.2. The molecule has 1 aliphatic carbocycles. The van der Waals surface area contributed by atoms with Crippen molar-refractivity contribution in [2.75, 3.05) is 18.4 Å². The van der Waals surface area contributed by atoms with Gasteiger partial charge in [-0.1, -0.05) is 12.8 Å². The van der Waals surface area contributed by atoms with Crippen molar-refractivity contribution in [1.29, 1.82) is 0 Å². The molecular formula is C20H24F3N5O. The van der Waals surface area contributed by atoms with E-state index in [1.54, 1.807) is 0 Å². The number of piperidine rings is 1. The minimum Gasteiger partial charge on any atom is -0.323 e. The zero-order chi connectivity index (χ0) is 20.4. The molecule has 1 aliphatic heterocycles. The van der Waals surface area contributed by atoms with Crippen LogP contribution in [-0.2, 0) is 11.0 Å². The highest BCUT2D eigenvalue weighted by atomic mass is 19.4. The van der Waals surface area contributed by atoms with E-state index in [1.165, 1.54) is 49.1 Å². The molecule has 1 N–H and O–H groups in total. The Morgan fingerprint density at radius 1 is 1.17 bits per heavy atom. The number of nitrogens with zero attached hydrogens (tertiary/aromatic N) is 4. The SMILES string of the molecule is O=C(CN1CCCC2CCCCC21)Nc1cc(C(F)(F)F)ccc1-n1cncn1. The maximum Gasteiger partial charge on any atom is 0.416 e. The number of rotatable bonds is 4. The van der Waals surface area contributed by atoms with Gasteiger partial charge in [0.1, 0.15) is 12.7 Å². The summed E-state index contributed by atoms with van der Waals surface area (Å²) in [6.45, 7) is 1.04. The molecule has 1 aromatic heterocycles. The molecule has 29 heavy (non-hydrogen) atoms. The van der Waals surface area contributed by atoms with Crippen molar-refractivity contribution < 1.29 is 18.0 Å². The van der Waals surface area contributed by atoms with E-state index < -0.39 is 11.7 Å². The van der Waals surface area contributed by atoms with E-state index in [9.17, 15) is 18.0 Å². The van der Waals surface area contributed by atoms with Crippen molar-refractivity contribution in [3.8, 4) is 5.69 Å². The summed E-state index contributed by atoms with van der Waals surface area (Å²) in [5.41, 5.74) is -0.396. The lowest BCUT2D eigenvalue weighted by Crippen LogP contribution is -2.49. The van der Waals surface area contributed by atoms with Crippen LogP contribution in [0.15, 0.2) is 30.9 Å². The first kappa shape index (κ1) is 19.9. The molecule has 1 saturated heterocycles. The van der Waals surface area contributed by atoms with Gasteiger partial charge in [0.15, 0.2) is 0 Å². The van der Waals surface area contributed by atoms with Crippen LogP contribution < -0.4 is 5.32 Å². The average molecular weight is 407 g/mol. The van der Waals surface area contributed by atoms with Crippen molar-refractivity contribution in [1.82, 2.24) is 19.7 Å². The van der Waals surface area contributed by atoms with Gasteiger partial charge >= 0.3 is 6.18 Å². The zero-order valence-corrected chi connectivity index (χ0v) is 16.0. The molecule has 156 valence electrons. The molecule has 0 radical (unpaired) electrons. The Morgan fingerprint density at radius 3 is 2.72 bits per heavy atom. The predicted octanol–water partition coefficient (Wildman–Crippen LogP) is 3.88. The molecular weight excluding hydrogens is 383 g/mol. The van der Waals surface area contributed by atoms with Crippen LogP contribution in [0.25, 0.3) is 5.69 Å². The Balaban J connectivity index is 1.53. The topological polar surface area (TPSA) is 63.1 Å². The van der Waals surface area contributed by atoms with Crippen LogP contribution in [0.3, 0.4) is 0 Å². The standard InChI is InChI=1S/C20H24F3N5O/c21-20(22,23)15-7-8-18(28-13-24-12-25-28)16(10-15)26-19(29)11-27-9-3-5-14-4-1-2-6-17(14)27/h7-8,10,12-14,17H,1-6,9,11H2,(H,26,29). The first-order valence-corrected chi connectivity index (χ1v) is 10.0. The number of amides is 1. The van der Waals surface area contributed by atoms with Crippen LogP contribution in [-0.4, -0.2) is 44.7 Å². The lowest BCUT2D eigenvalue weighted by Gasteiger charge is -2.43. The normalized spacial score (nSPS) is 22.9. The lowest BCUT2D eigenvalue weighted by molar-refractivity contribution is -0.137. The number of hydrogen-bond acceptors (Lipinski definition) is 4. The van der Waals surface area contributed by atoms with Crippen LogP contribution in [0.5, 0.6) is 0 Å². The predicted molar refractivity (Wildman–Crippen MR) is 102 cm³/mol. The van der Waals surface area contributed by atoms with Gasteiger partial charge in [-0.25, -0.2) is 9.67 Å². The van der Waals surface area contributed by atoms with E-state index in [4.69, 9.17) is 0 Å². The minimum atomic E-state index is -4.50. The molecule has 2 fully saturated rings. The lowest BCUT2D eigenvalue weighted by atomic mass is 9.78. The molecule has 9 heteroatoms. The fraction of sp³-hybridized carbons (Fsp3) is 0.550. The van der Waals surface area contributed by atoms with Crippen LogP contribution in [0, 0.1) is 5.92 Å². The fourth-order valence-corrected chi connectivity index (χ4v) is 4.64. The highest BCUT2D eigenvalue weighted by molar-refractivity contribution is 5.94. The molecule has 1 aromatic carbocycles. The monoisotopic (exact) mass is 407 g/mol. The molecule has 4 rings (SSSR count). The van der Waals surface area contributed by atoms with Crippen LogP contribution in [0.2, 0.25) is 0 Å². The summed E-state index contributed by atoms with van der Waals surface area (Å²) in [6, 6.07) is 3.63. The van der Waals surface area contributed by atoms with E-state index in [0.29, 0.717) is 17.6 Å². The molecule has 1 amide bonds.